The van der Waals surface area contributed by atoms with Gasteiger partial charge in [-0.3, -0.25) is 0 Å². The van der Waals surface area contributed by atoms with E-state index in [2.05, 4.69) is 26.1 Å². The van der Waals surface area contributed by atoms with Gasteiger partial charge in [0.25, 0.3) is 0 Å². The van der Waals surface area contributed by atoms with E-state index in [0.29, 0.717) is 13.2 Å². The molecule has 18 heavy (non-hydrogen) atoms. The Labute approximate surface area is 112 Å². The van der Waals surface area contributed by atoms with Gasteiger partial charge in [0.05, 0.1) is 19.8 Å². The van der Waals surface area contributed by atoms with Crippen LogP contribution in [-0.2, 0) is 14.2 Å². The van der Waals surface area contributed by atoms with Gasteiger partial charge in [-0.1, -0.05) is 0 Å². The highest BCUT2D eigenvalue weighted by Crippen LogP contribution is 1.96. The average molecular weight is 261 g/mol. The molecule has 0 rings (SSSR count). The maximum atomic E-state index is 5.46. The molecule has 0 spiro atoms. The smallest absolute Gasteiger partial charge is 0.0701 e. The Hall–Kier alpha value is -0.160. The van der Waals surface area contributed by atoms with E-state index in [0.717, 1.165) is 45.8 Å². The topological polar surface area (TPSA) is 39.7 Å². The summed E-state index contributed by atoms with van der Waals surface area (Å²) < 4.78 is 16.2. The molecule has 0 atom stereocenters. The van der Waals surface area contributed by atoms with Crippen molar-refractivity contribution in [1.29, 1.82) is 0 Å². The van der Waals surface area contributed by atoms with E-state index in [-0.39, 0.29) is 5.54 Å². The molecule has 4 nitrogen and oxygen atoms in total. The van der Waals surface area contributed by atoms with Crippen molar-refractivity contribution < 1.29 is 14.2 Å². The quantitative estimate of drug-likeness (QED) is 0.547. The zero-order chi connectivity index (χ0) is 13.7. The molecule has 0 amide bonds. The molecule has 0 aliphatic heterocycles. The van der Waals surface area contributed by atoms with Crippen molar-refractivity contribution in [2.24, 2.45) is 0 Å². The second kappa shape index (κ2) is 11.9. The van der Waals surface area contributed by atoms with E-state index in [1.807, 2.05) is 6.92 Å². The van der Waals surface area contributed by atoms with Crippen molar-refractivity contribution in [3.63, 3.8) is 0 Å². The molecule has 0 bridgehead atoms. The number of nitrogens with one attached hydrogen (secondary N) is 1. The van der Waals surface area contributed by atoms with Gasteiger partial charge in [0.1, 0.15) is 0 Å². The van der Waals surface area contributed by atoms with Crippen LogP contribution in [0.3, 0.4) is 0 Å². The second-order valence-corrected chi connectivity index (χ2v) is 5.31. The predicted molar refractivity (Wildman–Crippen MR) is 75.1 cm³/mol. The molecule has 0 saturated carbocycles. The summed E-state index contributed by atoms with van der Waals surface area (Å²) >= 11 is 0. The lowest BCUT2D eigenvalue weighted by atomic mass is 10.1. The number of ether oxygens (including phenoxy) is 3. The Bertz CT molecular complexity index is 169. The first kappa shape index (κ1) is 17.8. The first-order chi connectivity index (χ1) is 8.56. The third-order valence-electron chi connectivity index (χ3n) is 2.31. The van der Waals surface area contributed by atoms with Crippen LogP contribution in [0.25, 0.3) is 0 Å². The summed E-state index contributed by atoms with van der Waals surface area (Å²) in [6.07, 6.45) is 2.13. The molecule has 110 valence electrons. The van der Waals surface area contributed by atoms with Gasteiger partial charge in [0.2, 0.25) is 0 Å². The highest BCUT2D eigenvalue weighted by molar-refractivity contribution is 4.69. The van der Waals surface area contributed by atoms with Crippen LogP contribution >= 0.6 is 0 Å². The fourth-order valence-electron chi connectivity index (χ4n) is 1.37. The van der Waals surface area contributed by atoms with Gasteiger partial charge in [-0.25, -0.2) is 0 Å². The van der Waals surface area contributed by atoms with Crippen molar-refractivity contribution in [3.05, 3.63) is 0 Å². The summed E-state index contributed by atoms with van der Waals surface area (Å²) in [6.45, 7) is 13.9. The average Bonchev–Trinajstić information content (AvgIpc) is 2.29. The van der Waals surface area contributed by atoms with E-state index in [1.165, 1.54) is 0 Å². The number of unbranched alkanes of at least 4 members (excludes halogenated alkanes) is 1. The normalized spacial score (nSPS) is 12.0. The highest BCUT2D eigenvalue weighted by atomic mass is 16.5. The molecule has 1 N–H and O–H groups in total. The third kappa shape index (κ3) is 15.8. The van der Waals surface area contributed by atoms with E-state index >= 15 is 0 Å². The lowest BCUT2D eigenvalue weighted by Crippen LogP contribution is -2.38. The molecule has 0 unspecified atom stereocenters. The van der Waals surface area contributed by atoms with Crippen molar-refractivity contribution >= 4 is 0 Å². The van der Waals surface area contributed by atoms with Crippen LogP contribution in [0.15, 0.2) is 0 Å². The van der Waals surface area contributed by atoms with Crippen LogP contribution in [0, 0.1) is 0 Å². The maximum Gasteiger partial charge on any atom is 0.0701 e. The fourth-order valence-corrected chi connectivity index (χ4v) is 1.37. The predicted octanol–water partition coefficient (Wildman–Crippen LogP) is 2.22. The zero-order valence-electron chi connectivity index (χ0n) is 12.6. The van der Waals surface area contributed by atoms with Crippen molar-refractivity contribution in [2.45, 2.75) is 46.1 Å². The molecule has 0 aliphatic carbocycles. The molecule has 0 saturated heterocycles. The maximum absolute atomic E-state index is 5.46. The van der Waals surface area contributed by atoms with Gasteiger partial charge < -0.3 is 19.5 Å². The van der Waals surface area contributed by atoms with Crippen LogP contribution in [0.5, 0.6) is 0 Å². The Morgan fingerprint density at radius 1 is 0.778 bits per heavy atom. The fraction of sp³-hybridized carbons (Fsp3) is 1.00. The number of hydrogen-bond acceptors (Lipinski definition) is 4. The molecular weight excluding hydrogens is 230 g/mol. The third-order valence-corrected chi connectivity index (χ3v) is 2.31. The van der Waals surface area contributed by atoms with Crippen molar-refractivity contribution in [2.75, 3.05) is 46.2 Å². The Kier molecular flexibility index (Phi) is 11.8. The first-order valence-electron chi connectivity index (χ1n) is 7.04. The Morgan fingerprint density at radius 3 is 1.89 bits per heavy atom. The van der Waals surface area contributed by atoms with Crippen LogP contribution in [0.1, 0.15) is 40.5 Å². The van der Waals surface area contributed by atoms with E-state index in [1.54, 1.807) is 0 Å². The largest absolute Gasteiger partial charge is 0.382 e. The first-order valence-corrected chi connectivity index (χ1v) is 7.04. The summed E-state index contributed by atoms with van der Waals surface area (Å²) in [7, 11) is 0. The van der Waals surface area contributed by atoms with E-state index < -0.39 is 0 Å². The van der Waals surface area contributed by atoms with Crippen molar-refractivity contribution in [1.82, 2.24) is 5.32 Å². The monoisotopic (exact) mass is 261 g/mol. The lowest BCUT2D eigenvalue weighted by Gasteiger charge is -2.20. The Morgan fingerprint density at radius 2 is 1.33 bits per heavy atom. The minimum atomic E-state index is 0.167. The highest BCUT2D eigenvalue weighted by Gasteiger charge is 2.06. The van der Waals surface area contributed by atoms with Gasteiger partial charge in [-0.05, 0) is 40.5 Å². The van der Waals surface area contributed by atoms with Crippen LogP contribution in [0.4, 0.5) is 0 Å². The second-order valence-electron chi connectivity index (χ2n) is 5.31. The van der Waals surface area contributed by atoms with Gasteiger partial charge in [-0.2, -0.15) is 0 Å². The molecule has 0 aliphatic rings. The van der Waals surface area contributed by atoms with Crippen molar-refractivity contribution in [3.8, 4) is 0 Å². The molecule has 0 aromatic rings. The van der Waals surface area contributed by atoms with Gasteiger partial charge >= 0.3 is 0 Å². The summed E-state index contributed by atoms with van der Waals surface area (Å²) in [4.78, 5) is 0. The summed E-state index contributed by atoms with van der Waals surface area (Å²) in [5, 5.41) is 3.37. The minimum Gasteiger partial charge on any atom is -0.382 e. The summed E-state index contributed by atoms with van der Waals surface area (Å²) in [5.74, 6) is 0. The molecule has 0 aromatic carbocycles. The standard InChI is InChI=1S/C14H31NO3/c1-5-16-9-6-7-10-17-12-13-18-11-8-15-14(2,3)4/h15H,5-13H2,1-4H3. The van der Waals surface area contributed by atoms with Gasteiger partial charge in [0.15, 0.2) is 0 Å². The van der Waals surface area contributed by atoms with Crippen LogP contribution in [-0.4, -0.2) is 51.7 Å². The molecule has 4 heteroatoms. The van der Waals surface area contributed by atoms with Gasteiger partial charge in [-0.15, -0.1) is 0 Å². The van der Waals surface area contributed by atoms with E-state index in [4.69, 9.17) is 14.2 Å². The lowest BCUT2D eigenvalue weighted by molar-refractivity contribution is 0.0433. The van der Waals surface area contributed by atoms with Gasteiger partial charge in [0, 0.05) is 31.9 Å². The molecular formula is C14H31NO3. The molecule has 0 heterocycles. The molecule has 0 radical (unpaired) electrons. The van der Waals surface area contributed by atoms with E-state index in [9.17, 15) is 0 Å². The Balaban J connectivity index is 2.99. The number of rotatable bonds is 12. The zero-order valence-corrected chi connectivity index (χ0v) is 12.6. The van der Waals surface area contributed by atoms with Crippen LogP contribution in [0.2, 0.25) is 0 Å². The molecule has 0 aromatic heterocycles. The molecule has 0 fully saturated rings. The van der Waals surface area contributed by atoms with Crippen LogP contribution < -0.4 is 5.32 Å². The SMILES string of the molecule is CCOCCCCOCCOCCNC(C)(C)C. The summed E-state index contributed by atoms with van der Waals surface area (Å²) in [5.41, 5.74) is 0.167. The summed E-state index contributed by atoms with van der Waals surface area (Å²) in [6, 6.07) is 0. The number of hydrogen-bond donors (Lipinski definition) is 1. The minimum absolute atomic E-state index is 0.167.